The molecule has 0 aromatic carbocycles. The summed E-state index contributed by atoms with van der Waals surface area (Å²) in [5.41, 5.74) is -1.55. The fraction of sp³-hybridized carbons (Fsp3) is 0.750. The second-order valence-corrected chi connectivity index (χ2v) is 6.29. The predicted molar refractivity (Wildman–Crippen MR) is 55.3 cm³/mol. The van der Waals surface area contributed by atoms with Crippen LogP contribution in [0.2, 0.25) is 0 Å². The Labute approximate surface area is 97.8 Å². The number of carboxylic acid groups (broad SMARTS) is 2. The van der Waals surface area contributed by atoms with Gasteiger partial charge in [0.1, 0.15) is 5.78 Å². The molecular formula is C12H14O5. The van der Waals surface area contributed by atoms with Crippen molar-refractivity contribution in [1.82, 2.24) is 0 Å². The number of aliphatic carboxylic acids is 2. The third-order valence-corrected chi connectivity index (χ3v) is 4.82. The van der Waals surface area contributed by atoms with E-state index in [0.717, 1.165) is 12.8 Å². The molecule has 3 aliphatic rings. The van der Waals surface area contributed by atoms with Gasteiger partial charge in [-0.05, 0) is 36.5 Å². The maximum absolute atomic E-state index is 11.0. The molecule has 3 saturated carbocycles. The fourth-order valence-electron chi connectivity index (χ4n) is 4.45. The Bertz CT molecular complexity index is 410. The van der Waals surface area contributed by atoms with Crippen molar-refractivity contribution in [2.45, 2.75) is 38.5 Å². The summed E-state index contributed by atoms with van der Waals surface area (Å²) in [5, 5.41) is 18.0. The van der Waals surface area contributed by atoms with Crippen molar-refractivity contribution < 1.29 is 24.6 Å². The van der Waals surface area contributed by atoms with Crippen molar-refractivity contribution in [3.05, 3.63) is 0 Å². The van der Waals surface area contributed by atoms with Gasteiger partial charge < -0.3 is 10.2 Å². The van der Waals surface area contributed by atoms with E-state index in [4.69, 9.17) is 10.2 Å². The summed E-state index contributed by atoms with van der Waals surface area (Å²) >= 11 is 0. The van der Waals surface area contributed by atoms with Crippen LogP contribution in [0.5, 0.6) is 0 Å². The maximum Gasteiger partial charge on any atom is 0.321 e. The topological polar surface area (TPSA) is 91.7 Å². The Morgan fingerprint density at radius 2 is 1.35 bits per heavy atom. The summed E-state index contributed by atoms with van der Waals surface area (Å²) in [6, 6.07) is 0. The molecule has 0 atom stereocenters. The molecule has 5 heteroatoms. The van der Waals surface area contributed by atoms with Crippen LogP contribution >= 0.6 is 0 Å². The van der Waals surface area contributed by atoms with Crippen LogP contribution in [0.15, 0.2) is 0 Å². The molecule has 0 unspecified atom stereocenters. The average Bonchev–Trinajstić information content (AvgIpc) is 2.03. The van der Waals surface area contributed by atoms with Gasteiger partial charge in [-0.15, -0.1) is 0 Å². The maximum atomic E-state index is 11.0. The number of hydrogen-bond acceptors (Lipinski definition) is 3. The molecule has 0 saturated heterocycles. The molecule has 5 nitrogen and oxygen atoms in total. The molecular weight excluding hydrogens is 224 g/mol. The van der Waals surface area contributed by atoms with Crippen LogP contribution in [0, 0.1) is 16.2 Å². The number of ketones is 1. The van der Waals surface area contributed by atoms with Gasteiger partial charge in [-0.2, -0.15) is 0 Å². The second-order valence-electron chi connectivity index (χ2n) is 6.29. The highest BCUT2D eigenvalue weighted by Gasteiger charge is 2.72. The molecule has 0 bridgehead atoms. The van der Waals surface area contributed by atoms with E-state index in [1.807, 2.05) is 0 Å². The van der Waals surface area contributed by atoms with Crippen molar-refractivity contribution in [1.29, 1.82) is 0 Å². The van der Waals surface area contributed by atoms with Crippen LogP contribution in [0.3, 0.4) is 0 Å². The average molecular weight is 238 g/mol. The highest BCUT2D eigenvalue weighted by molar-refractivity contribution is 5.99. The van der Waals surface area contributed by atoms with Gasteiger partial charge in [0.25, 0.3) is 0 Å². The van der Waals surface area contributed by atoms with Crippen LogP contribution in [0.4, 0.5) is 0 Å². The lowest BCUT2D eigenvalue weighted by Gasteiger charge is -2.67. The molecule has 2 spiro atoms. The first-order valence-electron chi connectivity index (χ1n) is 5.80. The van der Waals surface area contributed by atoms with Crippen LogP contribution in [0.1, 0.15) is 38.5 Å². The minimum Gasteiger partial charge on any atom is -0.480 e. The van der Waals surface area contributed by atoms with Crippen molar-refractivity contribution in [3.63, 3.8) is 0 Å². The lowest BCUT2D eigenvalue weighted by atomic mass is 9.35. The van der Waals surface area contributed by atoms with E-state index >= 15 is 0 Å². The van der Waals surface area contributed by atoms with Gasteiger partial charge in [0.2, 0.25) is 0 Å². The molecule has 0 radical (unpaired) electrons. The molecule has 0 aromatic heterocycles. The first kappa shape index (κ1) is 10.7. The van der Waals surface area contributed by atoms with E-state index in [9.17, 15) is 14.4 Å². The molecule has 0 amide bonds. The molecule has 0 aliphatic heterocycles. The monoisotopic (exact) mass is 238 g/mol. The Morgan fingerprint density at radius 3 is 1.71 bits per heavy atom. The summed E-state index contributed by atoms with van der Waals surface area (Å²) in [4.78, 5) is 33.1. The molecule has 3 aliphatic carbocycles. The summed E-state index contributed by atoms with van der Waals surface area (Å²) in [6.07, 6.45) is 3.38. The van der Waals surface area contributed by atoms with E-state index in [1.165, 1.54) is 0 Å². The van der Waals surface area contributed by atoms with Crippen molar-refractivity contribution in [2.75, 3.05) is 0 Å². The molecule has 17 heavy (non-hydrogen) atoms. The minimum absolute atomic E-state index is 0.0997. The lowest BCUT2D eigenvalue weighted by molar-refractivity contribution is -0.217. The van der Waals surface area contributed by atoms with E-state index in [-0.39, 0.29) is 29.5 Å². The zero-order chi connectivity index (χ0) is 12.5. The third-order valence-electron chi connectivity index (χ3n) is 4.82. The van der Waals surface area contributed by atoms with Gasteiger partial charge in [-0.25, -0.2) is 0 Å². The first-order valence-corrected chi connectivity index (χ1v) is 5.80. The third kappa shape index (κ3) is 1.17. The Kier molecular flexibility index (Phi) is 1.71. The summed E-state index contributed by atoms with van der Waals surface area (Å²) in [6.45, 7) is 0. The number of Topliss-reactive ketones (excluding diaryl/α,β-unsaturated/α-hetero) is 1. The zero-order valence-electron chi connectivity index (χ0n) is 9.36. The quantitative estimate of drug-likeness (QED) is 0.702. The summed E-state index contributed by atoms with van der Waals surface area (Å²) in [5.74, 6) is -2.16. The van der Waals surface area contributed by atoms with Gasteiger partial charge in [-0.1, -0.05) is 0 Å². The molecule has 3 rings (SSSR count). The van der Waals surface area contributed by atoms with Gasteiger partial charge in [0.05, 0.1) is 0 Å². The molecule has 0 aromatic rings. The Hall–Kier alpha value is -1.39. The largest absolute Gasteiger partial charge is 0.480 e. The van der Waals surface area contributed by atoms with E-state index in [1.54, 1.807) is 0 Å². The van der Waals surface area contributed by atoms with Crippen LogP contribution in [-0.2, 0) is 14.4 Å². The fourth-order valence-corrected chi connectivity index (χ4v) is 4.45. The SMILES string of the molecule is O=C1CC2(C1)CC1(C2)CC(C(=O)O)(C(=O)O)C1. The summed E-state index contributed by atoms with van der Waals surface area (Å²) in [7, 11) is 0. The Morgan fingerprint density at radius 1 is 0.882 bits per heavy atom. The van der Waals surface area contributed by atoms with Crippen LogP contribution in [-0.4, -0.2) is 27.9 Å². The second kappa shape index (κ2) is 2.71. The molecule has 3 fully saturated rings. The van der Waals surface area contributed by atoms with Crippen LogP contribution in [0.25, 0.3) is 0 Å². The number of carboxylic acids is 2. The van der Waals surface area contributed by atoms with Crippen molar-refractivity contribution >= 4 is 17.7 Å². The van der Waals surface area contributed by atoms with E-state index in [0.29, 0.717) is 12.8 Å². The van der Waals surface area contributed by atoms with Gasteiger partial charge in [-0.3, -0.25) is 14.4 Å². The standard InChI is InChI=1S/C12H14O5/c13-7-1-10(2-7)3-11(4-10)5-12(6-11,8(14)15)9(16)17/h1-6H2,(H,14,15)(H,16,17). The first-order chi connectivity index (χ1) is 7.82. The number of carbonyl (C=O) groups is 3. The number of carbonyl (C=O) groups excluding carboxylic acids is 1. The van der Waals surface area contributed by atoms with E-state index < -0.39 is 17.4 Å². The van der Waals surface area contributed by atoms with Gasteiger partial charge in [0.15, 0.2) is 5.41 Å². The molecule has 2 N–H and O–H groups in total. The minimum atomic E-state index is -1.56. The molecule has 92 valence electrons. The van der Waals surface area contributed by atoms with E-state index in [2.05, 4.69) is 0 Å². The number of hydrogen-bond donors (Lipinski definition) is 2. The normalized spacial score (nSPS) is 30.2. The van der Waals surface area contributed by atoms with Gasteiger partial charge >= 0.3 is 11.9 Å². The smallest absolute Gasteiger partial charge is 0.321 e. The zero-order valence-corrected chi connectivity index (χ0v) is 9.36. The highest BCUT2D eigenvalue weighted by Crippen LogP contribution is 2.74. The van der Waals surface area contributed by atoms with Crippen molar-refractivity contribution in [3.8, 4) is 0 Å². The number of rotatable bonds is 2. The molecule has 0 heterocycles. The van der Waals surface area contributed by atoms with Crippen LogP contribution < -0.4 is 0 Å². The summed E-state index contributed by atoms with van der Waals surface area (Å²) < 4.78 is 0. The highest BCUT2D eigenvalue weighted by atomic mass is 16.4. The van der Waals surface area contributed by atoms with Gasteiger partial charge in [0, 0.05) is 12.8 Å². The van der Waals surface area contributed by atoms with Crippen molar-refractivity contribution in [2.24, 2.45) is 16.2 Å². The lowest BCUT2D eigenvalue weighted by Crippen LogP contribution is -2.65. The Balaban J connectivity index is 1.67. The predicted octanol–water partition coefficient (Wildman–Crippen LogP) is 1.07.